The molecule has 0 unspecified atom stereocenters. The van der Waals surface area contributed by atoms with Crippen molar-refractivity contribution in [2.24, 2.45) is 0 Å². The summed E-state index contributed by atoms with van der Waals surface area (Å²) in [4.78, 5) is 14.5. The molecule has 1 aromatic rings. The fourth-order valence-electron chi connectivity index (χ4n) is 4.11. The molecule has 1 heterocycles. The van der Waals surface area contributed by atoms with E-state index in [-0.39, 0.29) is 23.8 Å². The molecule has 2 aliphatic rings. The van der Waals surface area contributed by atoms with E-state index in [1.165, 1.54) is 24.8 Å². The molecule has 1 saturated carbocycles. The fraction of sp³-hybridized carbons (Fsp3) is 0.682. The zero-order valence-electron chi connectivity index (χ0n) is 16.9. The third kappa shape index (κ3) is 6.22. The van der Waals surface area contributed by atoms with E-state index in [0.717, 1.165) is 25.9 Å². The minimum absolute atomic E-state index is 0.0240. The predicted octanol–water partition coefficient (Wildman–Crippen LogP) is 4.11. The van der Waals surface area contributed by atoms with Crippen LogP contribution in [0.2, 0.25) is 0 Å². The van der Waals surface area contributed by atoms with Crippen molar-refractivity contribution < 1.29 is 14.3 Å². The summed E-state index contributed by atoms with van der Waals surface area (Å²) >= 11 is 0. The van der Waals surface area contributed by atoms with Crippen LogP contribution in [0.5, 0.6) is 0 Å². The number of carbonyl (C=O) groups excluding carboxylic acids is 1. The smallest absolute Gasteiger partial charge is 0.407 e. The van der Waals surface area contributed by atoms with Crippen LogP contribution in [0.1, 0.15) is 58.4 Å². The van der Waals surface area contributed by atoms with Crippen molar-refractivity contribution in [3.63, 3.8) is 0 Å². The lowest BCUT2D eigenvalue weighted by molar-refractivity contribution is -0.0416. The summed E-state index contributed by atoms with van der Waals surface area (Å²) in [5.74, 6) is 0. The van der Waals surface area contributed by atoms with Crippen molar-refractivity contribution in [3.05, 3.63) is 35.9 Å². The van der Waals surface area contributed by atoms with E-state index >= 15 is 0 Å². The fourth-order valence-corrected chi connectivity index (χ4v) is 4.11. The molecule has 1 aliphatic heterocycles. The summed E-state index contributed by atoms with van der Waals surface area (Å²) in [5, 5.41) is 2.88. The molecule has 1 amide bonds. The number of ether oxygens (including phenoxy) is 2. The van der Waals surface area contributed by atoms with Crippen molar-refractivity contribution in [2.45, 2.75) is 83.3 Å². The third-order valence-electron chi connectivity index (χ3n) is 5.37. The van der Waals surface area contributed by atoms with Gasteiger partial charge in [0.05, 0.1) is 12.7 Å². The molecular weight excluding hydrogens is 340 g/mol. The van der Waals surface area contributed by atoms with E-state index in [2.05, 4.69) is 34.5 Å². The minimum Gasteiger partial charge on any atom is -0.445 e. The standard InChI is InChI=1S/C22H34N2O3/c1-22(2,3)23-21(25)27-18-13-14-24(15-18)19-11-7-8-12-20(19)26-16-17-9-5-4-6-10-17/h4-6,9-10,18-20H,7-8,11-16H2,1-3H3,(H,23,25)/t18-,19-,20-/m1/s1. The molecule has 5 nitrogen and oxygen atoms in total. The first-order valence-corrected chi connectivity index (χ1v) is 10.3. The van der Waals surface area contributed by atoms with Crippen LogP contribution >= 0.6 is 0 Å². The maximum absolute atomic E-state index is 12.0. The molecule has 150 valence electrons. The molecule has 3 rings (SSSR count). The number of carbonyl (C=O) groups is 1. The van der Waals surface area contributed by atoms with Crippen LogP contribution in [-0.2, 0) is 16.1 Å². The lowest BCUT2D eigenvalue weighted by atomic mass is 9.91. The van der Waals surface area contributed by atoms with Crippen LogP contribution in [0.4, 0.5) is 4.79 Å². The number of nitrogens with one attached hydrogen (secondary N) is 1. The monoisotopic (exact) mass is 374 g/mol. The highest BCUT2D eigenvalue weighted by molar-refractivity contribution is 5.68. The maximum Gasteiger partial charge on any atom is 0.407 e. The Morgan fingerprint density at radius 2 is 1.89 bits per heavy atom. The van der Waals surface area contributed by atoms with Gasteiger partial charge < -0.3 is 14.8 Å². The number of hydrogen-bond donors (Lipinski definition) is 1. The van der Waals surface area contributed by atoms with E-state index in [4.69, 9.17) is 9.47 Å². The van der Waals surface area contributed by atoms with Crippen molar-refractivity contribution >= 4 is 6.09 Å². The Bertz CT molecular complexity index is 599. The Labute approximate surface area is 163 Å². The Balaban J connectivity index is 1.50. The molecule has 0 radical (unpaired) electrons. The molecule has 0 bridgehead atoms. The molecule has 3 atom stereocenters. The van der Waals surface area contributed by atoms with Gasteiger partial charge in [-0.3, -0.25) is 4.90 Å². The van der Waals surface area contributed by atoms with Gasteiger partial charge in [-0.25, -0.2) is 4.79 Å². The molecule has 0 aromatic heterocycles. The highest BCUT2D eigenvalue weighted by Crippen LogP contribution is 2.29. The van der Waals surface area contributed by atoms with E-state index in [0.29, 0.717) is 12.6 Å². The quantitative estimate of drug-likeness (QED) is 0.842. The minimum atomic E-state index is -0.310. The zero-order chi connectivity index (χ0) is 19.3. The number of hydrogen-bond acceptors (Lipinski definition) is 4. The number of alkyl carbamates (subject to hydrolysis) is 1. The Morgan fingerprint density at radius 1 is 1.15 bits per heavy atom. The van der Waals surface area contributed by atoms with Crippen LogP contribution in [0.25, 0.3) is 0 Å². The SMILES string of the molecule is CC(C)(C)NC(=O)O[C@@H]1CCN([C@@H]2CCCC[C@H]2OCc2ccccc2)C1. The van der Waals surface area contributed by atoms with Crippen molar-refractivity contribution in [2.75, 3.05) is 13.1 Å². The number of amides is 1. The third-order valence-corrected chi connectivity index (χ3v) is 5.37. The first-order chi connectivity index (χ1) is 12.9. The van der Waals surface area contributed by atoms with Gasteiger partial charge in [0.1, 0.15) is 6.10 Å². The van der Waals surface area contributed by atoms with E-state index in [9.17, 15) is 4.79 Å². The van der Waals surface area contributed by atoms with Gasteiger partial charge in [-0.15, -0.1) is 0 Å². The average molecular weight is 375 g/mol. The molecule has 1 saturated heterocycles. The van der Waals surface area contributed by atoms with Gasteiger partial charge >= 0.3 is 6.09 Å². The Hall–Kier alpha value is -1.59. The number of likely N-dealkylation sites (tertiary alicyclic amines) is 1. The van der Waals surface area contributed by atoms with E-state index < -0.39 is 0 Å². The highest BCUT2D eigenvalue weighted by Gasteiger charge is 2.36. The number of nitrogens with zero attached hydrogens (tertiary/aromatic N) is 1. The van der Waals surface area contributed by atoms with Crippen molar-refractivity contribution in [3.8, 4) is 0 Å². The van der Waals surface area contributed by atoms with Crippen molar-refractivity contribution in [1.29, 1.82) is 0 Å². The van der Waals surface area contributed by atoms with Gasteiger partial charge in [0.25, 0.3) is 0 Å². The Morgan fingerprint density at radius 3 is 2.63 bits per heavy atom. The maximum atomic E-state index is 12.0. The largest absolute Gasteiger partial charge is 0.445 e. The van der Waals surface area contributed by atoms with Gasteiger partial charge in [-0.2, -0.15) is 0 Å². The summed E-state index contributed by atoms with van der Waals surface area (Å²) in [6.07, 6.45) is 5.60. The van der Waals surface area contributed by atoms with Gasteiger partial charge in [-0.1, -0.05) is 43.2 Å². The molecule has 1 aliphatic carbocycles. The predicted molar refractivity (Wildman–Crippen MR) is 107 cm³/mol. The van der Waals surface area contributed by atoms with Crippen LogP contribution in [0.3, 0.4) is 0 Å². The summed E-state index contributed by atoms with van der Waals surface area (Å²) in [5.41, 5.74) is 0.957. The topological polar surface area (TPSA) is 50.8 Å². The summed E-state index contributed by atoms with van der Waals surface area (Å²) in [6, 6.07) is 10.8. The van der Waals surface area contributed by atoms with Crippen LogP contribution in [0.15, 0.2) is 30.3 Å². The lowest BCUT2D eigenvalue weighted by Crippen LogP contribution is -2.46. The molecule has 2 fully saturated rings. The van der Waals surface area contributed by atoms with Gasteiger partial charge in [0.15, 0.2) is 0 Å². The van der Waals surface area contributed by atoms with Crippen LogP contribution in [0, 0.1) is 0 Å². The van der Waals surface area contributed by atoms with Gasteiger partial charge in [0, 0.05) is 24.7 Å². The molecule has 27 heavy (non-hydrogen) atoms. The Kier molecular flexibility index (Phi) is 6.77. The summed E-state index contributed by atoms with van der Waals surface area (Å²) in [7, 11) is 0. The first kappa shape index (κ1) is 20.2. The second-order valence-corrected chi connectivity index (χ2v) is 8.87. The van der Waals surface area contributed by atoms with Crippen LogP contribution < -0.4 is 5.32 Å². The first-order valence-electron chi connectivity index (χ1n) is 10.3. The lowest BCUT2D eigenvalue weighted by Gasteiger charge is -2.37. The summed E-state index contributed by atoms with van der Waals surface area (Å²) < 4.78 is 12.0. The summed E-state index contributed by atoms with van der Waals surface area (Å²) in [6.45, 7) is 8.35. The van der Waals surface area contributed by atoms with E-state index in [1.54, 1.807) is 0 Å². The van der Waals surface area contributed by atoms with Gasteiger partial charge in [0.2, 0.25) is 0 Å². The second-order valence-electron chi connectivity index (χ2n) is 8.87. The number of rotatable bonds is 5. The van der Waals surface area contributed by atoms with E-state index in [1.807, 2.05) is 26.8 Å². The zero-order valence-corrected chi connectivity index (χ0v) is 16.9. The second kappa shape index (κ2) is 9.07. The van der Waals surface area contributed by atoms with Crippen molar-refractivity contribution in [1.82, 2.24) is 10.2 Å². The molecule has 0 spiro atoms. The molecule has 1 N–H and O–H groups in total. The normalized spacial score (nSPS) is 26.7. The molecular formula is C22H34N2O3. The average Bonchev–Trinajstić information content (AvgIpc) is 3.07. The molecule has 1 aromatic carbocycles. The number of benzene rings is 1. The highest BCUT2D eigenvalue weighted by atomic mass is 16.6. The molecule has 5 heteroatoms. The van der Waals surface area contributed by atoms with Gasteiger partial charge in [-0.05, 0) is 45.6 Å². The van der Waals surface area contributed by atoms with Crippen LogP contribution in [-0.4, -0.2) is 47.9 Å².